The number of benzene rings is 1. The standard InChI is InChI=1S/C14H18N2O3.C3H9NO3S.CH4O3S/c1-10(2)14(19)12-5-3-11(4-6-12)7-16-13(18)8-15-9-17;1-3(4)2-8(5,6)7;1-5(2,3)4/h3-6,9-10H,7-8H2,1-2H3,(H,15,17)(H,16,18);3H,2,4H2,1H3,(H,5,6,7);1H3,(H,2,3,4). The van der Waals surface area contributed by atoms with E-state index in [1.807, 2.05) is 26.0 Å². The van der Waals surface area contributed by atoms with E-state index < -0.39 is 26.3 Å². The van der Waals surface area contributed by atoms with Gasteiger partial charge >= 0.3 is 0 Å². The second-order valence-corrected chi connectivity index (χ2v) is 9.91. The third-order valence-electron chi connectivity index (χ3n) is 3.07. The third-order valence-corrected chi connectivity index (χ3v) is 4.02. The molecule has 0 aromatic heterocycles. The van der Waals surface area contributed by atoms with E-state index in [1.54, 1.807) is 12.1 Å². The van der Waals surface area contributed by atoms with Crippen LogP contribution in [0.15, 0.2) is 24.3 Å². The highest BCUT2D eigenvalue weighted by molar-refractivity contribution is 7.85. The molecule has 32 heavy (non-hydrogen) atoms. The van der Waals surface area contributed by atoms with Crippen molar-refractivity contribution in [1.29, 1.82) is 0 Å². The zero-order valence-electron chi connectivity index (χ0n) is 18.3. The van der Waals surface area contributed by atoms with Crippen molar-refractivity contribution < 1.29 is 40.3 Å². The highest BCUT2D eigenvalue weighted by Gasteiger charge is 2.10. The van der Waals surface area contributed by atoms with Crippen LogP contribution in [0.2, 0.25) is 0 Å². The lowest BCUT2D eigenvalue weighted by molar-refractivity contribution is -0.122. The zero-order valence-corrected chi connectivity index (χ0v) is 19.9. The molecule has 0 fully saturated rings. The molecule has 14 heteroatoms. The Labute approximate surface area is 188 Å². The molecule has 0 bridgehead atoms. The third kappa shape index (κ3) is 22.3. The molecule has 1 unspecified atom stereocenters. The van der Waals surface area contributed by atoms with E-state index in [0.29, 0.717) is 24.8 Å². The summed E-state index contributed by atoms with van der Waals surface area (Å²) in [5, 5.41) is 4.94. The van der Waals surface area contributed by atoms with Crippen molar-refractivity contribution in [3.63, 3.8) is 0 Å². The van der Waals surface area contributed by atoms with Gasteiger partial charge in [0.05, 0.1) is 18.6 Å². The molecule has 0 aliphatic carbocycles. The molecule has 1 rings (SSSR count). The lowest BCUT2D eigenvalue weighted by Crippen LogP contribution is -2.32. The molecule has 0 saturated carbocycles. The Morgan fingerprint density at radius 1 is 1.06 bits per heavy atom. The topological polar surface area (TPSA) is 210 Å². The summed E-state index contributed by atoms with van der Waals surface area (Å²) in [4.78, 5) is 33.0. The maximum Gasteiger partial charge on any atom is 0.266 e. The Morgan fingerprint density at radius 3 is 1.84 bits per heavy atom. The van der Waals surface area contributed by atoms with E-state index >= 15 is 0 Å². The number of Topliss-reactive ketones (excluding diaryl/α,β-unsaturated/α-hetero) is 1. The Morgan fingerprint density at radius 2 is 1.53 bits per heavy atom. The maximum absolute atomic E-state index is 11.7. The molecule has 12 nitrogen and oxygen atoms in total. The van der Waals surface area contributed by atoms with Crippen molar-refractivity contribution in [3.8, 4) is 0 Å². The van der Waals surface area contributed by atoms with Gasteiger partial charge in [-0.25, -0.2) is 0 Å². The first-order chi connectivity index (χ1) is 14.5. The molecule has 6 N–H and O–H groups in total. The molecule has 0 radical (unpaired) electrons. The largest absolute Gasteiger partial charge is 0.350 e. The van der Waals surface area contributed by atoms with Gasteiger partial charge in [-0.15, -0.1) is 0 Å². The van der Waals surface area contributed by atoms with Crippen LogP contribution in [-0.4, -0.2) is 68.6 Å². The molecule has 2 amide bonds. The van der Waals surface area contributed by atoms with Crippen LogP contribution in [0.1, 0.15) is 36.7 Å². The van der Waals surface area contributed by atoms with Gasteiger partial charge in [-0.2, -0.15) is 16.8 Å². The Hall–Kier alpha value is -2.39. The van der Waals surface area contributed by atoms with E-state index in [-0.39, 0.29) is 29.9 Å². The molecule has 0 aliphatic rings. The minimum Gasteiger partial charge on any atom is -0.350 e. The molecule has 1 aromatic carbocycles. The number of rotatable bonds is 9. The fraction of sp³-hybridized carbons (Fsp3) is 0.500. The molecule has 0 aliphatic heterocycles. The summed E-state index contributed by atoms with van der Waals surface area (Å²) in [6.07, 6.45) is 1.19. The van der Waals surface area contributed by atoms with Crippen LogP contribution in [0, 0.1) is 5.92 Å². The molecule has 184 valence electrons. The van der Waals surface area contributed by atoms with E-state index in [2.05, 4.69) is 10.6 Å². The SMILES string of the molecule is CC(C)C(=O)c1ccc(CNC(=O)CNC=O)cc1.CC(N)CS(=O)(=O)O.CS(=O)(=O)O. The van der Waals surface area contributed by atoms with Gasteiger partial charge in [-0.1, -0.05) is 38.1 Å². The highest BCUT2D eigenvalue weighted by atomic mass is 32.2. The van der Waals surface area contributed by atoms with Crippen LogP contribution in [-0.2, 0) is 36.4 Å². The molecule has 0 saturated heterocycles. The first-order valence-corrected chi connectivity index (χ1v) is 12.6. The number of hydrogen-bond acceptors (Lipinski definition) is 8. The number of hydrogen-bond donors (Lipinski definition) is 5. The second kappa shape index (κ2) is 15.4. The number of ketones is 1. The predicted octanol–water partition coefficient (Wildman–Crippen LogP) is -0.387. The van der Waals surface area contributed by atoms with Gasteiger partial charge < -0.3 is 16.4 Å². The second-order valence-electron chi connectivity index (χ2n) is 6.95. The van der Waals surface area contributed by atoms with Gasteiger partial charge in [0, 0.05) is 24.1 Å². The lowest BCUT2D eigenvalue weighted by Gasteiger charge is -2.07. The first kappa shape index (κ1) is 31.8. The molecular formula is C18H31N3O9S2. The van der Waals surface area contributed by atoms with E-state index in [0.717, 1.165) is 5.56 Å². The maximum atomic E-state index is 11.7. The monoisotopic (exact) mass is 497 g/mol. The van der Waals surface area contributed by atoms with Gasteiger partial charge in [0.2, 0.25) is 12.3 Å². The summed E-state index contributed by atoms with van der Waals surface area (Å²) in [7, 11) is -7.52. The Balaban J connectivity index is 0. The van der Waals surface area contributed by atoms with Crippen molar-refractivity contribution in [3.05, 3.63) is 35.4 Å². The van der Waals surface area contributed by atoms with Crippen LogP contribution in [0.25, 0.3) is 0 Å². The summed E-state index contributed by atoms with van der Waals surface area (Å²) in [5.41, 5.74) is 6.62. The van der Waals surface area contributed by atoms with Crippen molar-refractivity contribution in [2.24, 2.45) is 11.7 Å². The average molecular weight is 498 g/mol. The van der Waals surface area contributed by atoms with Gasteiger partial charge in [0.15, 0.2) is 5.78 Å². The Bertz CT molecular complexity index is 919. The minimum absolute atomic E-state index is 0.0278. The minimum atomic E-state index is -3.85. The number of carbonyl (C=O) groups is 3. The molecule has 1 atom stereocenters. The summed E-state index contributed by atoms with van der Waals surface area (Å²) in [6.45, 7) is 5.56. The van der Waals surface area contributed by atoms with Crippen molar-refractivity contribution in [2.75, 3.05) is 18.6 Å². The van der Waals surface area contributed by atoms with Crippen LogP contribution in [0.4, 0.5) is 0 Å². The van der Waals surface area contributed by atoms with E-state index in [4.69, 9.17) is 14.8 Å². The average Bonchev–Trinajstić information content (AvgIpc) is 2.61. The predicted molar refractivity (Wildman–Crippen MR) is 119 cm³/mol. The smallest absolute Gasteiger partial charge is 0.266 e. The van der Waals surface area contributed by atoms with E-state index in [1.165, 1.54) is 6.92 Å². The number of nitrogens with one attached hydrogen (secondary N) is 2. The van der Waals surface area contributed by atoms with Gasteiger partial charge in [-0.05, 0) is 12.5 Å². The normalized spacial score (nSPS) is 11.8. The first-order valence-electron chi connectivity index (χ1n) is 9.16. The van der Waals surface area contributed by atoms with Crippen LogP contribution in [0.5, 0.6) is 0 Å². The van der Waals surface area contributed by atoms with Crippen LogP contribution in [0.3, 0.4) is 0 Å². The summed E-state index contributed by atoms with van der Waals surface area (Å²) >= 11 is 0. The fourth-order valence-corrected chi connectivity index (χ4v) is 2.51. The molecule has 0 spiro atoms. The summed E-state index contributed by atoms with van der Waals surface area (Å²) in [5.74, 6) is -0.548. The van der Waals surface area contributed by atoms with Gasteiger partial charge in [0.1, 0.15) is 0 Å². The molecule has 1 aromatic rings. The Kier molecular flexibility index (Phi) is 15.3. The number of carbonyl (C=O) groups excluding carboxylic acids is 3. The number of amides is 2. The summed E-state index contributed by atoms with van der Waals surface area (Å²) in [6, 6.07) is 6.64. The molecular weight excluding hydrogens is 466 g/mol. The number of nitrogens with two attached hydrogens (primary N) is 1. The lowest BCUT2D eigenvalue weighted by atomic mass is 10.00. The van der Waals surface area contributed by atoms with E-state index in [9.17, 15) is 31.2 Å². The van der Waals surface area contributed by atoms with Crippen molar-refractivity contribution >= 4 is 38.3 Å². The quantitative estimate of drug-likeness (QED) is 0.169. The molecule has 0 heterocycles. The van der Waals surface area contributed by atoms with Crippen LogP contribution < -0.4 is 16.4 Å². The van der Waals surface area contributed by atoms with Crippen LogP contribution >= 0.6 is 0 Å². The van der Waals surface area contributed by atoms with Gasteiger partial charge in [0.25, 0.3) is 20.2 Å². The fourth-order valence-electron chi connectivity index (χ4n) is 1.85. The van der Waals surface area contributed by atoms with Crippen molar-refractivity contribution in [2.45, 2.75) is 33.4 Å². The summed E-state index contributed by atoms with van der Waals surface area (Å²) < 4.78 is 53.8. The van der Waals surface area contributed by atoms with Crippen molar-refractivity contribution in [1.82, 2.24) is 10.6 Å². The highest BCUT2D eigenvalue weighted by Crippen LogP contribution is 2.10. The van der Waals surface area contributed by atoms with Gasteiger partial charge in [-0.3, -0.25) is 23.5 Å². The zero-order chi connectivity index (χ0) is 25.5.